The standard InChI is InChI=1S/C26H26BClN4O2/c1-30(25(34)19-7-3-2-4-8-19)15-6-16-31-24-21(28)9-5-10-22(24)32(26(31)29)17-23(33)18-11-13-20(27)14-12-18/h2-5,7-14,29H,6,15-17,27H2,1H3. The zero-order valence-corrected chi connectivity index (χ0v) is 20.0. The van der Waals surface area contributed by atoms with Crippen LogP contribution < -0.4 is 11.1 Å². The van der Waals surface area contributed by atoms with Gasteiger partial charge in [-0.1, -0.05) is 65.6 Å². The van der Waals surface area contributed by atoms with Gasteiger partial charge in [-0.3, -0.25) is 15.0 Å². The summed E-state index contributed by atoms with van der Waals surface area (Å²) in [6, 6.07) is 22.1. The van der Waals surface area contributed by atoms with Gasteiger partial charge in [0.2, 0.25) is 5.62 Å². The largest absolute Gasteiger partial charge is 0.342 e. The number of halogens is 1. The molecule has 0 aliphatic carbocycles. The predicted molar refractivity (Wildman–Crippen MR) is 138 cm³/mol. The molecule has 1 N–H and O–H groups in total. The maximum absolute atomic E-state index is 12.9. The van der Waals surface area contributed by atoms with Gasteiger partial charge in [0.15, 0.2) is 5.78 Å². The molecule has 0 saturated heterocycles. The van der Waals surface area contributed by atoms with Gasteiger partial charge in [0.1, 0.15) is 7.85 Å². The minimum absolute atomic E-state index is 0.0409. The van der Waals surface area contributed by atoms with Crippen LogP contribution in [-0.2, 0) is 13.1 Å². The second-order valence-electron chi connectivity index (χ2n) is 8.40. The summed E-state index contributed by atoms with van der Waals surface area (Å²) in [5.74, 6) is -0.105. The minimum atomic E-state index is -0.0642. The van der Waals surface area contributed by atoms with Crippen LogP contribution >= 0.6 is 11.6 Å². The number of aryl methyl sites for hydroxylation is 1. The van der Waals surface area contributed by atoms with Gasteiger partial charge in [-0.05, 0) is 30.7 Å². The summed E-state index contributed by atoms with van der Waals surface area (Å²) >= 11 is 6.52. The molecule has 0 fully saturated rings. The molecular weight excluding hydrogens is 447 g/mol. The molecule has 0 bridgehead atoms. The fourth-order valence-corrected chi connectivity index (χ4v) is 4.35. The summed E-state index contributed by atoms with van der Waals surface area (Å²) in [6.45, 7) is 1.08. The van der Waals surface area contributed by atoms with Gasteiger partial charge >= 0.3 is 0 Å². The Bertz CT molecular complexity index is 1390. The van der Waals surface area contributed by atoms with Crippen LogP contribution in [0.15, 0.2) is 72.8 Å². The summed E-state index contributed by atoms with van der Waals surface area (Å²) in [6.07, 6.45) is 0.641. The third-order valence-corrected chi connectivity index (χ3v) is 6.26. The number of nitrogens with zero attached hydrogens (tertiary/aromatic N) is 3. The fraction of sp³-hybridized carbons (Fsp3) is 0.192. The number of carbonyl (C=O) groups excluding carboxylic acids is 2. The number of amides is 1. The second kappa shape index (κ2) is 10.1. The highest BCUT2D eigenvalue weighted by atomic mass is 35.5. The molecule has 1 heterocycles. The number of fused-ring (bicyclic) bond motifs is 1. The summed E-state index contributed by atoms with van der Waals surface area (Å²) in [4.78, 5) is 27.2. The Balaban J connectivity index is 1.55. The van der Waals surface area contributed by atoms with E-state index in [0.29, 0.717) is 35.7 Å². The quantitative estimate of drug-likeness (QED) is 0.316. The van der Waals surface area contributed by atoms with Crippen molar-refractivity contribution in [2.45, 2.75) is 19.5 Å². The molecule has 1 amide bonds. The van der Waals surface area contributed by atoms with E-state index in [1.165, 1.54) is 0 Å². The topological polar surface area (TPSA) is 71.1 Å². The Labute approximate surface area is 204 Å². The van der Waals surface area contributed by atoms with E-state index in [9.17, 15) is 9.59 Å². The SMILES string of the molecule is Bc1ccc(C(=O)Cn2c(=N)n(CCCN(C)C(=O)c3ccccc3)c3c(Cl)cccc32)cc1. The molecule has 6 nitrogen and oxygen atoms in total. The number of rotatable bonds is 8. The van der Waals surface area contributed by atoms with Gasteiger partial charge < -0.3 is 14.0 Å². The van der Waals surface area contributed by atoms with Crippen molar-refractivity contribution in [2.24, 2.45) is 0 Å². The van der Waals surface area contributed by atoms with Gasteiger partial charge in [-0.2, -0.15) is 0 Å². The minimum Gasteiger partial charge on any atom is -0.342 e. The van der Waals surface area contributed by atoms with E-state index in [1.807, 2.05) is 67.0 Å². The van der Waals surface area contributed by atoms with E-state index < -0.39 is 0 Å². The number of nitrogens with one attached hydrogen (secondary N) is 1. The maximum Gasteiger partial charge on any atom is 0.253 e. The van der Waals surface area contributed by atoms with E-state index in [4.69, 9.17) is 17.0 Å². The maximum atomic E-state index is 12.9. The van der Waals surface area contributed by atoms with E-state index in [2.05, 4.69) is 0 Å². The van der Waals surface area contributed by atoms with Crippen molar-refractivity contribution in [1.29, 1.82) is 5.41 Å². The Morgan fingerprint density at radius 2 is 1.65 bits per heavy atom. The van der Waals surface area contributed by atoms with Crippen molar-refractivity contribution in [1.82, 2.24) is 14.0 Å². The molecule has 4 aromatic rings. The smallest absolute Gasteiger partial charge is 0.253 e. The van der Waals surface area contributed by atoms with Gasteiger partial charge in [-0.25, -0.2) is 0 Å². The first kappa shape index (κ1) is 23.6. The van der Waals surface area contributed by atoms with Crippen LogP contribution in [0, 0.1) is 5.41 Å². The normalized spacial score (nSPS) is 11.0. The third-order valence-electron chi connectivity index (χ3n) is 5.96. The number of carbonyl (C=O) groups is 2. The Kier molecular flexibility index (Phi) is 7.03. The van der Waals surface area contributed by atoms with Crippen molar-refractivity contribution >= 4 is 47.6 Å². The highest BCUT2D eigenvalue weighted by Gasteiger charge is 2.17. The molecule has 1 aromatic heterocycles. The average molecular weight is 473 g/mol. The van der Waals surface area contributed by atoms with Crippen LogP contribution in [0.3, 0.4) is 0 Å². The number of imidazole rings is 1. The van der Waals surface area contributed by atoms with Crippen LogP contribution in [0.25, 0.3) is 11.0 Å². The van der Waals surface area contributed by atoms with E-state index in [0.717, 1.165) is 16.5 Å². The molecule has 8 heteroatoms. The molecule has 3 aromatic carbocycles. The van der Waals surface area contributed by atoms with E-state index in [1.54, 1.807) is 34.7 Å². The van der Waals surface area contributed by atoms with Crippen molar-refractivity contribution in [2.75, 3.05) is 13.6 Å². The van der Waals surface area contributed by atoms with Crippen molar-refractivity contribution in [3.63, 3.8) is 0 Å². The molecule has 0 radical (unpaired) electrons. The Hall–Kier alpha value is -3.58. The lowest BCUT2D eigenvalue weighted by atomic mass is 9.94. The number of aromatic nitrogens is 2. The van der Waals surface area contributed by atoms with Crippen molar-refractivity contribution in [3.05, 3.63) is 94.6 Å². The molecule has 172 valence electrons. The average Bonchev–Trinajstić information content (AvgIpc) is 3.11. The van der Waals surface area contributed by atoms with E-state index >= 15 is 0 Å². The molecule has 0 aliphatic heterocycles. The highest BCUT2D eigenvalue weighted by Crippen LogP contribution is 2.23. The van der Waals surface area contributed by atoms with Crippen molar-refractivity contribution in [3.8, 4) is 0 Å². The number of hydrogen-bond donors (Lipinski definition) is 1. The van der Waals surface area contributed by atoms with Crippen LogP contribution in [0.4, 0.5) is 0 Å². The predicted octanol–water partition coefficient (Wildman–Crippen LogP) is 2.88. The van der Waals surface area contributed by atoms with E-state index in [-0.39, 0.29) is 23.9 Å². The first-order valence-electron chi connectivity index (χ1n) is 11.2. The van der Waals surface area contributed by atoms with Gasteiger partial charge in [-0.15, -0.1) is 0 Å². The van der Waals surface area contributed by atoms with Crippen LogP contribution in [0.1, 0.15) is 27.1 Å². The number of ketones is 1. The first-order chi connectivity index (χ1) is 16.4. The highest BCUT2D eigenvalue weighted by molar-refractivity contribution is 6.35. The summed E-state index contributed by atoms with van der Waals surface area (Å²) < 4.78 is 3.52. The molecular formula is C26H26BClN4O2. The van der Waals surface area contributed by atoms with Gasteiger partial charge in [0.25, 0.3) is 5.91 Å². The number of para-hydroxylation sites is 1. The van der Waals surface area contributed by atoms with Crippen LogP contribution in [0.2, 0.25) is 5.02 Å². The zero-order valence-electron chi connectivity index (χ0n) is 19.3. The Morgan fingerprint density at radius 3 is 2.35 bits per heavy atom. The second-order valence-corrected chi connectivity index (χ2v) is 8.81. The van der Waals surface area contributed by atoms with Crippen LogP contribution in [-0.4, -0.2) is 47.2 Å². The Morgan fingerprint density at radius 1 is 0.941 bits per heavy atom. The summed E-state index contributed by atoms with van der Waals surface area (Å²) in [7, 11) is 3.75. The molecule has 4 rings (SSSR count). The zero-order chi connectivity index (χ0) is 24.2. The third kappa shape index (κ3) is 4.85. The van der Waals surface area contributed by atoms with Gasteiger partial charge in [0.05, 0.1) is 22.6 Å². The summed E-state index contributed by atoms with van der Waals surface area (Å²) in [5.41, 5.74) is 4.02. The molecule has 34 heavy (non-hydrogen) atoms. The summed E-state index contributed by atoms with van der Waals surface area (Å²) in [5, 5.41) is 9.33. The molecule has 0 atom stereocenters. The van der Waals surface area contributed by atoms with Crippen LogP contribution in [0.5, 0.6) is 0 Å². The molecule has 0 spiro atoms. The molecule has 0 unspecified atom stereocenters. The van der Waals surface area contributed by atoms with Crippen molar-refractivity contribution < 1.29 is 9.59 Å². The lowest BCUT2D eigenvalue weighted by molar-refractivity contribution is 0.0791. The first-order valence-corrected chi connectivity index (χ1v) is 11.6. The van der Waals surface area contributed by atoms with Gasteiger partial charge in [0, 0.05) is 31.3 Å². The fourth-order valence-electron chi connectivity index (χ4n) is 4.08. The lowest BCUT2D eigenvalue weighted by Gasteiger charge is -2.17. The number of Topliss-reactive ketones (excluding diaryl/α,β-unsaturated/α-hetero) is 1. The monoisotopic (exact) mass is 472 g/mol. The lowest BCUT2D eigenvalue weighted by Crippen LogP contribution is -2.31. The number of benzene rings is 3. The molecule has 0 saturated carbocycles. The number of hydrogen-bond acceptors (Lipinski definition) is 3. The molecule has 0 aliphatic rings.